The first-order valence-electron chi connectivity index (χ1n) is 5.62. The average molecular weight is 220 g/mol. The predicted molar refractivity (Wildman–Crippen MR) is 72.3 cm³/mol. The molecule has 0 aromatic heterocycles. The van der Waals surface area contributed by atoms with Crippen molar-refractivity contribution in [3.05, 3.63) is 70.8 Å². The first-order chi connectivity index (χ1) is 8.34. The number of aliphatic hydroxyl groups excluding tert-OH is 1. The lowest BCUT2D eigenvalue weighted by atomic mass is 9.97. The molecule has 1 aliphatic rings. The number of hydrogen-bond acceptors (Lipinski definition) is 1. The SMILES string of the molecule is OC1=Cc2ccccc2C=Cc2ccccc21. The molecule has 3 rings (SSSR count). The van der Waals surface area contributed by atoms with E-state index >= 15 is 0 Å². The van der Waals surface area contributed by atoms with Crippen LogP contribution in [-0.4, -0.2) is 5.11 Å². The van der Waals surface area contributed by atoms with Gasteiger partial charge in [0.1, 0.15) is 5.76 Å². The van der Waals surface area contributed by atoms with Crippen molar-refractivity contribution in [2.45, 2.75) is 0 Å². The van der Waals surface area contributed by atoms with Crippen molar-refractivity contribution in [3.63, 3.8) is 0 Å². The third-order valence-corrected chi connectivity index (χ3v) is 2.97. The second kappa shape index (κ2) is 3.95. The number of benzene rings is 2. The van der Waals surface area contributed by atoms with Gasteiger partial charge in [0.2, 0.25) is 0 Å². The topological polar surface area (TPSA) is 20.2 Å². The molecule has 0 amide bonds. The lowest BCUT2D eigenvalue weighted by Gasteiger charge is -2.10. The minimum atomic E-state index is 0.317. The fraction of sp³-hybridized carbons (Fsp3) is 0. The molecular weight excluding hydrogens is 208 g/mol. The molecule has 0 bridgehead atoms. The van der Waals surface area contributed by atoms with E-state index in [4.69, 9.17) is 0 Å². The van der Waals surface area contributed by atoms with Crippen LogP contribution in [0.25, 0.3) is 24.0 Å². The number of aliphatic hydroxyl groups is 1. The zero-order valence-corrected chi connectivity index (χ0v) is 9.30. The summed E-state index contributed by atoms with van der Waals surface area (Å²) in [6, 6.07) is 15.9. The maximum Gasteiger partial charge on any atom is 0.124 e. The van der Waals surface area contributed by atoms with Crippen LogP contribution in [0.5, 0.6) is 0 Å². The summed E-state index contributed by atoms with van der Waals surface area (Å²) in [5.74, 6) is 0.317. The largest absolute Gasteiger partial charge is 0.507 e. The number of hydrogen-bond donors (Lipinski definition) is 1. The van der Waals surface area contributed by atoms with Crippen LogP contribution in [0.15, 0.2) is 48.5 Å². The van der Waals surface area contributed by atoms with Gasteiger partial charge in [-0.25, -0.2) is 0 Å². The van der Waals surface area contributed by atoms with Crippen LogP contribution in [0.2, 0.25) is 0 Å². The van der Waals surface area contributed by atoms with Crippen LogP contribution < -0.4 is 0 Å². The van der Waals surface area contributed by atoms with E-state index in [0.29, 0.717) is 5.76 Å². The second-order valence-corrected chi connectivity index (χ2v) is 4.08. The third kappa shape index (κ3) is 1.76. The number of rotatable bonds is 0. The zero-order valence-electron chi connectivity index (χ0n) is 9.30. The molecule has 1 nitrogen and oxygen atoms in total. The molecule has 1 heteroatoms. The van der Waals surface area contributed by atoms with Crippen LogP contribution in [0.4, 0.5) is 0 Å². The van der Waals surface area contributed by atoms with Crippen LogP contribution in [0.1, 0.15) is 22.3 Å². The van der Waals surface area contributed by atoms with Crippen molar-refractivity contribution in [3.8, 4) is 0 Å². The quantitative estimate of drug-likeness (QED) is 0.704. The summed E-state index contributed by atoms with van der Waals surface area (Å²) in [4.78, 5) is 0. The van der Waals surface area contributed by atoms with E-state index in [0.717, 1.165) is 22.3 Å². The average Bonchev–Trinajstić information content (AvgIpc) is 2.36. The summed E-state index contributed by atoms with van der Waals surface area (Å²) >= 11 is 0. The molecule has 1 N–H and O–H groups in total. The smallest absolute Gasteiger partial charge is 0.124 e. The highest BCUT2D eigenvalue weighted by Crippen LogP contribution is 2.26. The van der Waals surface area contributed by atoms with Crippen LogP contribution in [0.3, 0.4) is 0 Å². The van der Waals surface area contributed by atoms with Gasteiger partial charge in [-0.2, -0.15) is 0 Å². The lowest BCUT2D eigenvalue weighted by Crippen LogP contribution is -1.91. The summed E-state index contributed by atoms with van der Waals surface area (Å²) in [5.41, 5.74) is 4.07. The Kier molecular flexibility index (Phi) is 2.30. The van der Waals surface area contributed by atoms with Crippen molar-refractivity contribution in [1.82, 2.24) is 0 Å². The van der Waals surface area contributed by atoms with Crippen molar-refractivity contribution < 1.29 is 5.11 Å². The molecule has 0 atom stereocenters. The summed E-state index contributed by atoms with van der Waals surface area (Å²) < 4.78 is 0. The van der Waals surface area contributed by atoms with Gasteiger partial charge in [-0.3, -0.25) is 0 Å². The Balaban J connectivity index is 2.25. The molecule has 0 fully saturated rings. The molecule has 17 heavy (non-hydrogen) atoms. The van der Waals surface area contributed by atoms with Gasteiger partial charge in [0.25, 0.3) is 0 Å². The molecule has 0 aliphatic heterocycles. The molecule has 2 aromatic carbocycles. The van der Waals surface area contributed by atoms with Crippen LogP contribution in [0, 0.1) is 0 Å². The molecule has 0 unspecified atom stereocenters. The van der Waals surface area contributed by atoms with Gasteiger partial charge in [-0.1, -0.05) is 60.7 Å². The maximum atomic E-state index is 10.1. The van der Waals surface area contributed by atoms with E-state index < -0.39 is 0 Å². The molecule has 2 aromatic rings. The van der Waals surface area contributed by atoms with Crippen molar-refractivity contribution in [2.75, 3.05) is 0 Å². The third-order valence-electron chi connectivity index (χ3n) is 2.97. The highest BCUT2D eigenvalue weighted by atomic mass is 16.3. The van der Waals surface area contributed by atoms with Gasteiger partial charge in [-0.15, -0.1) is 0 Å². The van der Waals surface area contributed by atoms with E-state index in [1.165, 1.54) is 0 Å². The highest BCUT2D eigenvalue weighted by Gasteiger charge is 2.07. The minimum absolute atomic E-state index is 0.317. The summed E-state index contributed by atoms with van der Waals surface area (Å²) in [6.45, 7) is 0. The zero-order chi connectivity index (χ0) is 11.7. The van der Waals surface area contributed by atoms with Gasteiger partial charge in [0.15, 0.2) is 0 Å². The van der Waals surface area contributed by atoms with Gasteiger partial charge in [0, 0.05) is 5.56 Å². The summed E-state index contributed by atoms with van der Waals surface area (Å²) in [5, 5.41) is 10.1. The Morgan fingerprint density at radius 1 is 0.647 bits per heavy atom. The lowest BCUT2D eigenvalue weighted by molar-refractivity contribution is 0.515. The fourth-order valence-electron chi connectivity index (χ4n) is 2.07. The first-order valence-corrected chi connectivity index (χ1v) is 5.62. The van der Waals surface area contributed by atoms with E-state index in [1.54, 1.807) is 0 Å². The van der Waals surface area contributed by atoms with Crippen LogP contribution in [-0.2, 0) is 0 Å². The standard InChI is InChI=1S/C16H12O/c17-16-11-14-7-2-1-5-12(14)9-10-13-6-3-4-8-15(13)16/h1-11,17H. The van der Waals surface area contributed by atoms with Crippen molar-refractivity contribution >= 4 is 24.0 Å². The monoisotopic (exact) mass is 220 g/mol. The van der Waals surface area contributed by atoms with Crippen molar-refractivity contribution in [2.24, 2.45) is 0 Å². The van der Waals surface area contributed by atoms with Gasteiger partial charge in [-0.05, 0) is 22.8 Å². The highest BCUT2D eigenvalue weighted by molar-refractivity contribution is 5.89. The molecule has 0 spiro atoms. The Labute approximate surface area is 100 Å². The van der Waals surface area contributed by atoms with Gasteiger partial charge in [0.05, 0.1) is 0 Å². The van der Waals surface area contributed by atoms with E-state index in [-0.39, 0.29) is 0 Å². The molecular formula is C16H12O. The summed E-state index contributed by atoms with van der Waals surface area (Å²) in [6.07, 6.45) is 5.94. The normalized spacial score (nSPS) is 13.1. The minimum Gasteiger partial charge on any atom is -0.507 e. The van der Waals surface area contributed by atoms with Gasteiger partial charge >= 0.3 is 0 Å². The van der Waals surface area contributed by atoms with Crippen molar-refractivity contribution in [1.29, 1.82) is 0 Å². The van der Waals surface area contributed by atoms with E-state index in [1.807, 2.05) is 60.7 Å². The van der Waals surface area contributed by atoms with E-state index in [2.05, 4.69) is 6.08 Å². The Hall–Kier alpha value is -2.28. The fourth-order valence-corrected chi connectivity index (χ4v) is 2.07. The summed E-state index contributed by atoms with van der Waals surface area (Å²) in [7, 11) is 0. The Morgan fingerprint density at radius 3 is 2.06 bits per heavy atom. The molecule has 0 heterocycles. The first kappa shape index (κ1) is 9.91. The molecule has 1 aliphatic carbocycles. The molecule has 82 valence electrons. The molecule has 0 saturated heterocycles. The molecule has 0 saturated carbocycles. The van der Waals surface area contributed by atoms with Crippen LogP contribution >= 0.6 is 0 Å². The number of fused-ring (bicyclic) bond motifs is 2. The second-order valence-electron chi connectivity index (χ2n) is 4.08. The Morgan fingerprint density at radius 2 is 1.24 bits per heavy atom. The van der Waals surface area contributed by atoms with Gasteiger partial charge < -0.3 is 5.11 Å². The van der Waals surface area contributed by atoms with E-state index in [9.17, 15) is 5.11 Å². The predicted octanol–water partition coefficient (Wildman–Crippen LogP) is 4.23. The Bertz CT molecular complexity index is 621. The maximum absolute atomic E-state index is 10.1. The molecule has 0 radical (unpaired) electrons.